The second-order valence-corrected chi connectivity index (χ2v) is 5.87. The quantitative estimate of drug-likeness (QED) is 0.511. The number of hydrogen-bond donors (Lipinski definition) is 1. The summed E-state index contributed by atoms with van der Waals surface area (Å²) in [5.74, 6) is -1.32. The fourth-order valence-electron chi connectivity index (χ4n) is 1.70. The molecule has 1 amide bonds. The van der Waals surface area contributed by atoms with Crippen LogP contribution >= 0.6 is 15.9 Å². The first-order chi connectivity index (χ1) is 8.81. The molecule has 0 spiro atoms. The number of alkyl halides is 1. The van der Waals surface area contributed by atoms with Gasteiger partial charge in [-0.05, 0) is 25.5 Å². The van der Waals surface area contributed by atoms with E-state index >= 15 is 0 Å². The normalized spacial score (nSPS) is 13.7. The number of nitro groups is 1. The Kier molecular flexibility index (Phi) is 5.41. The molecule has 0 radical (unpaired) electrons. The molecule has 104 valence electrons. The molecule has 0 heterocycles. The molecular formula is C12H14BrFN2O3. The molecule has 0 aliphatic rings. The number of nitrogens with zero attached hydrogens (tertiary/aromatic N) is 1. The third kappa shape index (κ3) is 4.59. The summed E-state index contributed by atoms with van der Waals surface area (Å²) in [6, 6.07) is 2.74. The van der Waals surface area contributed by atoms with Gasteiger partial charge in [-0.1, -0.05) is 22.9 Å². The summed E-state index contributed by atoms with van der Waals surface area (Å²) in [6.45, 7) is 3.73. The molecule has 0 saturated heterocycles. The van der Waals surface area contributed by atoms with E-state index in [4.69, 9.17) is 0 Å². The molecule has 0 aliphatic carbocycles. The molecule has 2 atom stereocenters. The Labute approximate surface area is 118 Å². The van der Waals surface area contributed by atoms with Crippen molar-refractivity contribution < 1.29 is 14.1 Å². The molecule has 0 fully saturated rings. The molecule has 19 heavy (non-hydrogen) atoms. The number of hydrogen-bond acceptors (Lipinski definition) is 3. The second kappa shape index (κ2) is 6.60. The molecule has 0 aromatic heterocycles. The number of rotatable bonds is 5. The minimum atomic E-state index is -0.768. The van der Waals surface area contributed by atoms with Crippen molar-refractivity contribution in [1.82, 2.24) is 5.32 Å². The molecular weight excluding hydrogens is 319 g/mol. The monoisotopic (exact) mass is 332 g/mol. The fourth-order valence-corrected chi connectivity index (χ4v) is 2.26. The first-order valence-corrected chi connectivity index (χ1v) is 6.61. The molecule has 1 aromatic rings. The average molecular weight is 333 g/mol. The average Bonchev–Trinajstić information content (AvgIpc) is 2.27. The van der Waals surface area contributed by atoms with E-state index in [1.807, 2.05) is 6.92 Å². The highest BCUT2D eigenvalue weighted by Crippen LogP contribution is 2.20. The van der Waals surface area contributed by atoms with Crippen molar-refractivity contribution in [3.05, 3.63) is 39.7 Å². The van der Waals surface area contributed by atoms with Crippen LogP contribution in [0.4, 0.5) is 10.1 Å². The highest BCUT2D eigenvalue weighted by Gasteiger charge is 2.22. The van der Waals surface area contributed by atoms with E-state index in [1.54, 1.807) is 6.92 Å². The summed E-state index contributed by atoms with van der Waals surface area (Å²) in [5, 5.41) is 13.4. The van der Waals surface area contributed by atoms with E-state index in [9.17, 15) is 19.3 Å². The first kappa shape index (κ1) is 15.6. The summed E-state index contributed by atoms with van der Waals surface area (Å²) >= 11 is 3.36. The molecule has 1 N–H and O–H groups in total. The van der Waals surface area contributed by atoms with Crippen molar-refractivity contribution in [2.45, 2.75) is 31.1 Å². The van der Waals surface area contributed by atoms with Gasteiger partial charge in [0.1, 0.15) is 11.4 Å². The SMILES string of the molecule is CC(Br)CC(C)NC(=O)c1ccc(F)cc1[N+](=O)[O-]. The van der Waals surface area contributed by atoms with E-state index in [1.165, 1.54) is 0 Å². The molecule has 1 aromatic carbocycles. The van der Waals surface area contributed by atoms with Crippen LogP contribution in [0.1, 0.15) is 30.6 Å². The lowest BCUT2D eigenvalue weighted by molar-refractivity contribution is -0.385. The Morgan fingerprint density at radius 3 is 2.68 bits per heavy atom. The Hall–Kier alpha value is -1.50. The van der Waals surface area contributed by atoms with Crippen LogP contribution in [0.15, 0.2) is 18.2 Å². The van der Waals surface area contributed by atoms with Gasteiger partial charge in [0.25, 0.3) is 11.6 Å². The lowest BCUT2D eigenvalue weighted by atomic mass is 10.1. The number of nitrogens with one attached hydrogen (secondary N) is 1. The van der Waals surface area contributed by atoms with E-state index in [0.717, 1.165) is 18.2 Å². The molecule has 0 aliphatic heterocycles. The molecule has 0 bridgehead atoms. The summed E-state index contributed by atoms with van der Waals surface area (Å²) in [7, 11) is 0. The molecule has 5 nitrogen and oxygen atoms in total. The minimum absolute atomic E-state index is 0.138. The maximum absolute atomic E-state index is 13.0. The smallest absolute Gasteiger partial charge is 0.285 e. The first-order valence-electron chi connectivity index (χ1n) is 5.70. The van der Waals surface area contributed by atoms with Crippen molar-refractivity contribution in [3.8, 4) is 0 Å². The lowest BCUT2D eigenvalue weighted by Gasteiger charge is -2.15. The number of benzene rings is 1. The van der Waals surface area contributed by atoms with Crippen molar-refractivity contribution in [2.75, 3.05) is 0 Å². The Morgan fingerprint density at radius 1 is 1.53 bits per heavy atom. The van der Waals surface area contributed by atoms with Crippen LogP contribution in [-0.4, -0.2) is 21.7 Å². The van der Waals surface area contributed by atoms with Gasteiger partial charge in [0.15, 0.2) is 0 Å². The van der Waals surface area contributed by atoms with Gasteiger partial charge in [-0.25, -0.2) is 4.39 Å². The standard InChI is InChI=1S/C12H14BrFN2O3/c1-7(13)5-8(2)15-12(17)10-4-3-9(14)6-11(10)16(18)19/h3-4,6-8H,5H2,1-2H3,(H,15,17). The number of nitro benzene ring substituents is 1. The van der Waals surface area contributed by atoms with Crippen molar-refractivity contribution in [1.29, 1.82) is 0 Å². The zero-order chi connectivity index (χ0) is 14.6. The van der Waals surface area contributed by atoms with E-state index in [2.05, 4.69) is 21.2 Å². The highest BCUT2D eigenvalue weighted by atomic mass is 79.9. The van der Waals surface area contributed by atoms with E-state index < -0.39 is 22.3 Å². The number of carbonyl (C=O) groups excluding carboxylic acids is 1. The molecule has 0 saturated carbocycles. The molecule has 7 heteroatoms. The molecule has 2 unspecified atom stereocenters. The van der Waals surface area contributed by atoms with Gasteiger partial charge in [0.2, 0.25) is 0 Å². The third-order valence-corrected chi connectivity index (χ3v) is 2.83. The summed E-state index contributed by atoms with van der Waals surface area (Å²) in [4.78, 5) is 22.2. The van der Waals surface area contributed by atoms with Crippen molar-refractivity contribution in [2.24, 2.45) is 0 Å². The third-order valence-electron chi connectivity index (χ3n) is 2.46. The Bertz CT molecular complexity index is 494. The van der Waals surface area contributed by atoms with Crippen molar-refractivity contribution in [3.63, 3.8) is 0 Å². The fraction of sp³-hybridized carbons (Fsp3) is 0.417. The van der Waals surface area contributed by atoms with Crippen LogP contribution in [0.5, 0.6) is 0 Å². The van der Waals surface area contributed by atoms with Gasteiger partial charge in [-0.15, -0.1) is 0 Å². The van der Waals surface area contributed by atoms with Gasteiger partial charge in [0, 0.05) is 10.9 Å². The maximum Gasteiger partial charge on any atom is 0.285 e. The number of amides is 1. The topological polar surface area (TPSA) is 72.2 Å². The van der Waals surface area contributed by atoms with Crippen molar-refractivity contribution >= 4 is 27.5 Å². The summed E-state index contributed by atoms with van der Waals surface area (Å²) in [5.41, 5.74) is -0.669. The Balaban J connectivity index is 2.91. The highest BCUT2D eigenvalue weighted by molar-refractivity contribution is 9.09. The van der Waals surface area contributed by atoms with Crippen LogP contribution in [0, 0.1) is 15.9 Å². The zero-order valence-electron chi connectivity index (χ0n) is 10.5. The van der Waals surface area contributed by atoms with Gasteiger partial charge in [-0.3, -0.25) is 14.9 Å². The zero-order valence-corrected chi connectivity index (χ0v) is 12.1. The van der Waals surface area contributed by atoms with E-state index in [0.29, 0.717) is 6.42 Å². The van der Waals surface area contributed by atoms with Gasteiger partial charge in [-0.2, -0.15) is 0 Å². The van der Waals surface area contributed by atoms with E-state index in [-0.39, 0.29) is 16.4 Å². The summed E-state index contributed by atoms with van der Waals surface area (Å²) in [6.07, 6.45) is 0.681. The minimum Gasteiger partial charge on any atom is -0.349 e. The Morgan fingerprint density at radius 2 is 2.16 bits per heavy atom. The lowest BCUT2D eigenvalue weighted by Crippen LogP contribution is -2.34. The van der Waals surface area contributed by atoms with Gasteiger partial charge < -0.3 is 5.32 Å². The van der Waals surface area contributed by atoms with Crippen LogP contribution in [0.3, 0.4) is 0 Å². The van der Waals surface area contributed by atoms with Crippen LogP contribution in [0.25, 0.3) is 0 Å². The summed E-state index contributed by atoms with van der Waals surface area (Å²) < 4.78 is 13.0. The van der Waals surface area contributed by atoms with Crippen LogP contribution in [-0.2, 0) is 0 Å². The van der Waals surface area contributed by atoms with Gasteiger partial charge >= 0.3 is 0 Å². The predicted molar refractivity (Wildman–Crippen MR) is 73.0 cm³/mol. The number of carbonyl (C=O) groups is 1. The predicted octanol–water partition coefficient (Wildman–Crippen LogP) is 3.03. The van der Waals surface area contributed by atoms with Crippen LogP contribution in [0.2, 0.25) is 0 Å². The van der Waals surface area contributed by atoms with Gasteiger partial charge in [0.05, 0.1) is 11.0 Å². The maximum atomic E-state index is 13.0. The number of halogens is 2. The second-order valence-electron chi connectivity index (χ2n) is 4.31. The molecule has 1 rings (SSSR count). The van der Waals surface area contributed by atoms with Crippen LogP contribution < -0.4 is 5.32 Å². The largest absolute Gasteiger partial charge is 0.349 e.